The molecule has 4 aromatic heterocycles. The van der Waals surface area contributed by atoms with Gasteiger partial charge in [0.15, 0.2) is 0 Å². The Morgan fingerprint density at radius 1 is 1.03 bits per heavy atom. The summed E-state index contributed by atoms with van der Waals surface area (Å²) in [5, 5.41) is 4.91. The van der Waals surface area contributed by atoms with Crippen molar-refractivity contribution in [3.63, 3.8) is 0 Å². The zero-order valence-electron chi connectivity index (χ0n) is 20.1. The lowest BCUT2D eigenvalue weighted by atomic mass is 10.1. The number of imidazole rings is 1. The highest BCUT2D eigenvalue weighted by Crippen LogP contribution is 2.36. The average molecular weight is 527 g/mol. The summed E-state index contributed by atoms with van der Waals surface area (Å²) in [6.07, 6.45) is 8.28. The van der Waals surface area contributed by atoms with Crippen LogP contribution in [-0.4, -0.2) is 47.8 Å². The van der Waals surface area contributed by atoms with Gasteiger partial charge in [-0.2, -0.15) is 5.10 Å². The molecule has 0 atom stereocenters. The molecule has 2 aromatic carbocycles. The number of rotatable bonds is 5. The number of aromatic nitrogens is 7. The van der Waals surface area contributed by atoms with Gasteiger partial charge in [-0.05, 0) is 31.2 Å². The van der Waals surface area contributed by atoms with Gasteiger partial charge in [0.2, 0.25) is 0 Å². The Morgan fingerprint density at radius 3 is 2.76 bits per heavy atom. The second-order valence-corrected chi connectivity index (χ2v) is 9.61. The maximum atomic E-state index is 13.5. The molecule has 0 unspecified atom stereocenters. The smallest absolute Gasteiger partial charge is 0.148 e. The summed E-state index contributed by atoms with van der Waals surface area (Å²) in [6, 6.07) is 10.9. The van der Waals surface area contributed by atoms with Gasteiger partial charge in [0.1, 0.15) is 33.7 Å². The van der Waals surface area contributed by atoms with Crippen LogP contribution in [0.15, 0.2) is 67.4 Å². The van der Waals surface area contributed by atoms with Crippen LogP contribution in [0.1, 0.15) is 11.9 Å². The number of pyridine rings is 1. The van der Waals surface area contributed by atoms with E-state index in [1.54, 1.807) is 24.7 Å². The second-order valence-electron chi connectivity index (χ2n) is 9.23. The minimum Gasteiger partial charge on any atom is -0.456 e. The van der Waals surface area contributed by atoms with Crippen LogP contribution in [0.4, 0.5) is 10.1 Å². The normalized spacial score (nSPS) is 13.8. The third kappa shape index (κ3) is 3.99. The first-order valence-corrected chi connectivity index (χ1v) is 12.4. The van der Waals surface area contributed by atoms with Gasteiger partial charge in [-0.3, -0.25) is 14.6 Å². The quantitative estimate of drug-likeness (QED) is 0.307. The Hall–Kier alpha value is -4.57. The Morgan fingerprint density at radius 2 is 1.89 bits per heavy atom. The molecule has 0 aliphatic carbocycles. The summed E-state index contributed by atoms with van der Waals surface area (Å²) in [5.74, 6) is 1.61. The van der Waals surface area contributed by atoms with Crippen LogP contribution in [-0.2, 0) is 0 Å². The van der Waals surface area contributed by atoms with E-state index in [4.69, 9.17) is 21.3 Å². The van der Waals surface area contributed by atoms with Crippen molar-refractivity contribution in [3.05, 3.63) is 84.0 Å². The summed E-state index contributed by atoms with van der Waals surface area (Å²) in [7, 11) is 0. The highest BCUT2D eigenvalue weighted by molar-refractivity contribution is 6.36. The minimum atomic E-state index is -0.344. The van der Waals surface area contributed by atoms with Gasteiger partial charge in [-0.15, -0.1) is 0 Å². The molecule has 0 saturated carbocycles. The Kier molecular flexibility index (Phi) is 5.22. The molecule has 1 saturated heterocycles. The number of H-pyrrole nitrogens is 1. The molecule has 1 aliphatic heterocycles. The monoisotopic (exact) mass is 526 g/mol. The van der Waals surface area contributed by atoms with E-state index >= 15 is 0 Å². The largest absolute Gasteiger partial charge is 0.456 e. The Bertz CT molecular complexity index is 1830. The lowest BCUT2D eigenvalue weighted by Crippen LogP contribution is -2.48. The number of anilines is 1. The van der Waals surface area contributed by atoms with Crippen LogP contribution in [0.5, 0.6) is 11.5 Å². The Labute approximate surface area is 220 Å². The standard InChI is InChI=1S/C27H20ClFN8O/c1-15-33-21-3-2-20(7-23(21)34-15)38-25-5-4-22-27(26(25)28)35-24(11-31-22)16-8-32-37(12-16)19-13-36(14-19)18-6-17(29)9-30-10-18/h2-12,19H,13-14H2,1H3,(H,33,34). The fourth-order valence-electron chi connectivity index (χ4n) is 4.63. The molecule has 0 spiro atoms. The SMILES string of the molecule is Cc1nc2ccc(Oc3ccc4ncc(-c5cnn(C6CN(c7cncc(F)c7)C6)c5)nc4c3Cl)cc2[nH]1. The highest BCUT2D eigenvalue weighted by Gasteiger charge is 2.29. The molecule has 1 fully saturated rings. The third-order valence-corrected chi connectivity index (χ3v) is 6.97. The second kappa shape index (κ2) is 8.77. The van der Waals surface area contributed by atoms with Crippen molar-refractivity contribution in [2.24, 2.45) is 0 Å². The molecule has 0 radical (unpaired) electrons. The number of ether oxygens (including phenoxy) is 1. The number of fused-ring (bicyclic) bond motifs is 2. The zero-order chi connectivity index (χ0) is 25.8. The number of nitrogens with zero attached hydrogens (tertiary/aromatic N) is 7. The summed E-state index contributed by atoms with van der Waals surface area (Å²) < 4.78 is 21.5. The van der Waals surface area contributed by atoms with Gasteiger partial charge in [-0.1, -0.05) is 11.6 Å². The molecule has 9 nitrogen and oxygen atoms in total. The van der Waals surface area contributed by atoms with Gasteiger partial charge >= 0.3 is 0 Å². The molecule has 1 N–H and O–H groups in total. The van der Waals surface area contributed by atoms with Crippen LogP contribution >= 0.6 is 11.6 Å². The predicted octanol–water partition coefficient (Wildman–Crippen LogP) is 5.72. The molecular weight excluding hydrogens is 507 g/mol. The molecule has 11 heteroatoms. The number of nitrogens with one attached hydrogen (secondary N) is 1. The van der Waals surface area contributed by atoms with Crippen LogP contribution in [0.3, 0.4) is 0 Å². The van der Waals surface area contributed by atoms with Gasteiger partial charge < -0.3 is 14.6 Å². The number of benzene rings is 2. The van der Waals surface area contributed by atoms with Crippen molar-refractivity contribution in [2.75, 3.05) is 18.0 Å². The number of hydrogen-bond donors (Lipinski definition) is 1. The van der Waals surface area contributed by atoms with Crippen molar-refractivity contribution in [2.45, 2.75) is 13.0 Å². The van der Waals surface area contributed by atoms with Gasteiger partial charge in [-0.25, -0.2) is 14.4 Å². The van der Waals surface area contributed by atoms with Crippen LogP contribution in [0, 0.1) is 12.7 Å². The number of hydrogen-bond acceptors (Lipinski definition) is 7. The summed E-state index contributed by atoms with van der Waals surface area (Å²) in [6.45, 7) is 3.34. The lowest BCUT2D eigenvalue weighted by Gasteiger charge is -2.40. The maximum absolute atomic E-state index is 13.5. The van der Waals surface area contributed by atoms with Crippen molar-refractivity contribution < 1.29 is 9.13 Å². The van der Waals surface area contributed by atoms with Crippen LogP contribution in [0.25, 0.3) is 33.3 Å². The molecule has 6 aromatic rings. The first kappa shape index (κ1) is 22.6. The molecule has 38 heavy (non-hydrogen) atoms. The van der Waals surface area contributed by atoms with Crippen molar-refractivity contribution in [1.29, 1.82) is 0 Å². The van der Waals surface area contributed by atoms with Crippen molar-refractivity contribution >= 4 is 39.4 Å². The highest BCUT2D eigenvalue weighted by atomic mass is 35.5. The van der Waals surface area contributed by atoms with E-state index < -0.39 is 0 Å². The van der Waals surface area contributed by atoms with Gasteiger partial charge in [0.05, 0.1) is 58.8 Å². The summed E-state index contributed by atoms with van der Waals surface area (Å²) >= 11 is 6.74. The number of halogens is 2. The van der Waals surface area contributed by atoms with Crippen molar-refractivity contribution in [1.82, 2.24) is 34.7 Å². The zero-order valence-corrected chi connectivity index (χ0v) is 20.9. The molecule has 7 rings (SSSR count). The summed E-state index contributed by atoms with van der Waals surface area (Å²) in [4.78, 5) is 23.0. The van der Waals surface area contributed by atoms with E-state index in [2.05, 4.69) is 29.9 Å². The Balaban J connectivity index is 1.12. The van der Waals surface area contributed by atoms with E-state index in [1.165, 1.54) is 12.3 Å². The topological polar surface area (TPSA) is 97.6 Å². The van der Waals surface area contributed by atoms with E-state index in [0.29, 0.717) is 46.3 Å². The fourth-order valence-corrected chi connectivity index (χ4v) is 4.87. The van der Waals surface area contributed by atoms with Crippen LogP contribution in [0.2, 0.25) is 5.02 Å². The molecule has 188 valence electrons. The van der Waals surface area contributed by atoms with E-state index in [1.807, 2.05) is 42.1 Å². The van der Waals surface area contributed by atoms with Crippen LogP contribution < -0.4 is 9.64 Å². The lowest BCUT2D eigenvalue weighted by molar-refractivity contribution is 0.367. The molecule has 5 heterocycles. The molecule has 1 aliphatic rings. The first-order valence-electron chi connectivity index (χ1n) is 12.0. The maximum Gasteiger partial charge on any atom is 0.148 e. The predicted molar refractivity (Wildman–Crippen MR) is 142 cm³/mol. The van der Waals surface area contributed by atoms with E-state index in [-0.39, 0.29) is 11.9 Å². The minimum absolute atomic E-state index is 0.167. The molecule has 0 amide bonds. The fraction of sp³-hybridized carbons (Fsp3) is 0.148. The average Bonchev–Trinajstić information content (AvgIpc) is 3.51. The van der Waals surface area contributed by atoms with Gasteiger partial charge in [0.25, 0.3) is 0 Å². The molecule has 0 bridgehead atoms. The molecular formula is C27H20ClFN8O. The number of aromatic amines is 1. The summed E-state index contributed by atoms with van der Waals surface area (Å²) in [5.41, 5.74) is 5.21. The van der Waals surface area contributed by atoms with Gasteiger partial charge in [0, 0.05) is 37.0 Å². The number of aryl methyl sites for hydroxylation is 1. The third-order valence-electron chi connectivity index (χ3n) is 6.61. The first-order chi connectivity index (χ1) is 18.5. The van der Waals surface area contributed by atoms with E-state index in [0.717, 1.165) is 28.1 Å². The van der Waals surface area contributed by atoms with Crippen molar-refractivity contribution in [3.8, 4) is 22.8 Å². The van der Waals surface area contributed by atoms with E-state index in [9.17, 15) is 4.39 Å².